The zero-order valence-corrected chi connectivity index (χ0v) is 16.3. The van der Waals surface area contributed by atoms with Crippen LogP contribution in [0.25, 0.3) is 21.8 Å². The highest BCUT2D eigenvalue weighted by atomic mass is 19.1. The molecule has 1 aliphatic rings. The van der Waals surface area contributed by atoms with E-state index in [9.17, 15) is 8.78 Å². The van der Waals surface area contributed by atoms with Crippen molar-refractivity contribution >= 4 is 21.8 Å². The summed E-state index contributed by atoms with van der Waals surface area (Å²) >= 11 is 0. The maximum absolute atomic E-state index is 13.9. The summed E-state index contributed by atoms with van der Waals surface area (Å²) in [5, 5.41) is 1.59. The first-order valence-corrected chi connectivity index (χ1v) is 10.3. The van der Waals surface area contributed by atoms with Crippen LogP contribution in [-0.2, 0) is 6.42 Å². The largest absolute Gasteiger partial charge is 0.336 e. The van der Waals surface area contributed by atoms with E-state index in [1.807, 2.05) is 18.2 Å². The van der Waals surface area contributed by atoms with E-state index in [1.165, 1.54) is 29.8 Å². The fourth-order valence-corrected chi connectivity index (χ4v) is 4.77. The molecule has 2 heterocycles. The summed E-state index contributed by atoms with van der Waals surface area (Å²) in [6, 6.07) is 20.6. The highest BCUT2D eigenvalue weighted by Gasteiger charge is 2.24. The Hall–Kier alpha value is -2.72. The van der Waals surface area contributed by atoms with Gasteiger partial charge in [-0.1, -0.05) is 30.3 Å². The summed E-state index contributed by atoms with van der Waals surface area (Å²) in [5.74, 6) is -0.567. The number of likely N-dealkylation sites (tertiary alicyclic amines) is 1. The summed E-state index contributed by atoms with van der Waals surface area (Å²) in [6.45, 7) is 3.09. The maximum atomic E-state index is 13.9. The highest BCUT2D eigenvalue weighted by molar-refractivity contribution is 6.08. The zero-order valence-electron chi connectivity index (χ0n) is 16.3. The van der Waals surface area contributed by atoms with Crippen LogP contribution < -0.4 is 0 Å². The van der Waals surface area contributed by atoms with E-state index in [1.54, 1.807) is 0 Å². The van der Waals surface area contributed by atoms with Crippen LogP contribution in [0.2, 0.25) is 0 Å². The smallest absolute Gasteiger partial charge is 0.123 e. The first-order valence-electron chi connectivity index (χ1n) is 10.3. The Labute approximate surface area is 169 Å². The topological polar surface area (TPSA) is 8.17 Å². The van der Waals surface area contributed by atoms with Crippen LogP contribution in [0.3, 0.4) is 0 Å². The lowest BCUT2D eigenvalue weighted by Crippen LogP contribution is -2.37. The normalized spacial score (nSPS) is 17.9. The second kappa shape index (κ2) is 7.60. The summed E-state index contributed by atoms with van der Waals surface area (Å²) < 4.78 is 30.2. The second-order valence-electron chi connectivity index (χ2n) is 8.03. The van der Waals surface area contributed by atoms with Crippen molar-refractivity contribution < 1.29 is 8.78 Å². The SMILES string of the molecule is Fc1ccc2c(c1)c1cc(F)ccc1n2[C@H]1CCCN(CCc2ccccc2)C1. The lowest BCUT2D eigenvalue weighted by atomic mass is 10.0. The first-order chi connectivity index (χ1) is 14.2. The van der Waals surface area contributed by atoms with E-state index < -0.39 is 0 Å². The molecular formula is C25H24F2N2. The quantitative estimate of drug-likeness (QED) is 0.418. The molecule has 148 valence electrons. The molecule has 2 nitrogen and oxygen atoms in total. The van der Waals surface area contributed by atoms with Gasteiger partial charge in [-0.25, -0.2) is 8.78 Å². The average Bonchev–Trinajstić information content (AvgIpc) is 3.06. The molecule has 0 aliphatic carbocycles. The van der Waals surface area contributed by atoms with Crippen LogP contribution in [-0.4, -0.2) is 29.1 Å². The van der Waals surface area contributed by atoms with Crippen molar-refractivity contribution in [3.8, 4) is 0 Å². The molecule has 0 N–H and O–H groups in total. The minimum atomic E-state index is -0.283. The first kappa shape index (κ1) is 18.3. The molecule has 29 heavy (non-hydrogen) atoms. The summed E-state index contributed by atoms with van der Waals surface area (Å²) in [5.41, 5.74) is 3.33. The zero-order chi connectivity index (χ0) is 19.8. The third kappa shape index (κ3) is 3.53. The third-order valence-electron chi connectivity index (χ3n) is 6.13. The van der Waals surface area contributed by atoms with Crippen LogP contribution >= 0.6 is 0 Å². The van der Waals surface area contributed by atoms with Crippen LogP contribution in [0.1, 0.15) is 24.4 Å². The fraction of sp³-hybridized carbons (Fsp3) is 0.280. The molecule has 0 radical (unpaired) electrons. The predicted molar refractivity (Wildman–Crippen MR) is 114 cm³/mol. The molecule has 0 amide bonds. The van der Waals surface area contributed by atoms with Gasteiger partial charge in [-0.15, -0.1) is 0 Å². The Bertz CT molecular complexity index is 1090. The van der Waals surface area contributed by atoms with Crippen molar-refractivity contribution in [3.63, 3.8) is 0 Å². The molecule has 1 aromatic heterocycles. The van der Waals surface area contributed by atoms with E-state index in [2.05, 4.69) is 33.7 Å². The number of halogens is 2. The highest BCUT2D eigenvalue weighted by Crippen LogP contribution is 2.35. The van der Waals surface area contributed by atoms with Gasteiger partial charge < -0.3 is 9.47 Å². The second-order valence-corrected chi connectivity index (χ2v) is 8.03. The molecule has 1 aliphatic heterocycles. The Morgan fingerprint density at radius 2 is 1.48 bits per heavy atom. The summed E-state index contributed by atoms with van der Waals surface area (Å²) in [6.07, 6.45) is 3.25. The Kier molecular flexibility index (Phi) is 4.80. The molecule has 5 rings (SSSR count). The molecule has 0 unspecified atom stereocenters. The molecule has 1 atom stereocenters. The standard InChI is InChI=1S/C25H24F2N2/c26-19-8-10-24-22(15-19)23-16-20(27)9-11-25(23)29(24)21-7-4-13-28(17-21)14-12-18-5-2-1-3-6-18/h1-3,5-6,8-11,15-16,21H,4,7,12-14,17H2/t21-/m0/s1. The molecule has 4 heteroatoms. The monoisotopic (exact) mass is 390 g/mol. The van der Waals surface area contributed by atoms with Crippen molar-refractivity contribution in [2.75, 3.05) is 19.6 Å². The van der Waals surface area contributed by atoms with E-state index in [0.29, 0.717) is 6.04 Å². The van der Waals surface area contributed by atoms with Crippen molar-refractivity contribution in [2.45, 2.75) is 25.3 Å². The number of hydrogen-bond acceptors (Lipinski definition) is 1. The van der Waals surface area contributed by atoms with Gasteiger partial charge in [0, 0.05) is 40.9 Å². The van der Waals surface area contributed by atoms with Crippen molar-refractivity contribution in [1.29, 1.82) is 0 Å². The number of nitrogens with zero attached hydrogens (tertiary/aromatic N) is 2. The molecule has 4 aromatic rings. The van der Waals surface area contributed by atoms with Crippen LogP contribution in [0.5, 0.6) is 0 Å². The number of aromatic nitrogens is 1. The molecule has 1 saturated heterocycles. The molecule has 0 bridgehead atoms. The van der Waals surface area contributed by atoms with Gasteiger partial charge in [-0.05, 0) is 67.8 Å². The van der Waals surface area contributed by atoms with Crippen LogP contribution in [0, 0.1) is 11.6 Å². The molecule has 1 fully saturated rings. The maximum Gasteiger partial charge on any atom is 0.123 e. The number of piperidine rings is 1. The predicted octanol–water partition coefficient (Wildman–Crippen LogP) is 5.95. The molecule has 3 aromatic carbocycles. The minimum Gasteiger partial charge on any atom is -0.336 e. The fourth-order valence-electron chi connectivity index (χ4n) is 4.77. The Balaban J connectivity index is 1.47. The molecule has 0 saturated carbocycles. The van der Waals surface area contributed by atoms with E-state index in [-0.39, 0.29) is 11.6 Å². The van der Waals surface area contributed by atoms with Crippen LogP contribution in [0.4, 0.5) is 8.78 Å². The molecule has 0 spiro atoms. The Morgan fingerprint density at radius 1 is 0.828 bits per heavy atom. The van der Waals surface area contributed by atoms with Crippen molar-refractivity contribution in [3.05, 3.63) is 83.9 Å². The van der Waals surface area contributed by atoms with E-state index in [4.69, 9.17) is 0 Å². The van der Waals surface area contributed by atoms with Gasteiger partial charge in [-0.2, -0.15) is 0 Å². The van der Waals surface area contributed by atoms with E-state index in [0.717, 1.165) is 60.7 Å². The average molecular weight is 390 g/mol. The van der Waals surface area contributed by atoms with Gasteiger partial charge in [0.15, 0.2) is 0 Å². The number of rotatable bonds is 4. The van der Waals surface area contributed by atoms with Gasteiger partial charge in [0.05, 0.1) is 0 Å². The van der Waals surface area contributed by atoms with Gasteiger partial charge in [0.1, 0.15) is 11.6 Å². The lowest BCUT2D eigenvalue weighted by molar-refractivity contribution is 0.183. The number of benzene rings is 3. The van der Waals surface area contributed by atoms with Gasteiger partial charge in [-0.3, -0.25) is 0 Å². The van der Waals surface area contributed by atoms with Gasteiger partial charge >= 0.3 is 0 Å². The minimum absolute atomic E-state index is 0.283. The number of fused-ring (bicyclic) bond motifs is 3. The van der Waals surface area contributed by atoms with Gasteiger partial charge in [0.25, 0.3) is 0 Å². The summed E-state index contributed by atoms with van der Waals surface area (Å²) in [4.78, 5) is 2.52. The van der Waals surface area contributed by atoms with Gasteiger partial charge in [0.2, 0.25) is 0 Å². The lowest BCUT2D eigenvalue weighted by Gasteiger charge is -2.34. The summed E-state index contributed by atoms with van der Waals surface area (Å²) in [7, 11) is 0. The van der Waals surface area contributed by atoms with Crippen LogP contribution in [0.15, 0.2) is 66.7 Å². The third-order valence-corrected chi connectivity index (χ3v) is 6.13. The number of hydrogen-bond donors (Lipinski definition) is 0. The van der Waals surface area contributed by atoms with Crippen molar-refractivity contribution in [1.82, 2.24) is 9.47 Å². The van der Waals surface area contributed by atoms with Crippen molar-refractivity contribution in [2.24, 2.45) is 0 Å². The Morgan fingerprint density at radius 3 is 2.14 bits per heavy atom. The molecular weight excluding hydrogens is 366 g/mol. The van der Waals surface area contributed by atoms with E-state index >= 15 is 0 Å².